The summed E-state index contributed by atoms with van der Waals surface area (Å²) in [6, 6.07) is 0. The monoisotopic (exact) mass is 287 g/mol. The summed E-state index contributed by atoms with van der Waals surface area (Å²) in [6.45, 7) is 6.40. The minimum Gasteiger partial charge on any atom is -0.444 e. The molecule has 5 heteroatoms. The number of hydrogen-bond acceptors (Lipinski definition) is 5. The van der Waals surface area contributed by atoms with Crippen molar-refractivity contribution < 1.29 is 4.42 Å². The van der Waals surface area contributed by atoms with Crippen LogP contribution < -0.4 is 15.6 Å². The molecule has 104 valence electrons. The lowest BCUT2D eigenvalue weighted by molar-refractivity contribution is 0.576. The lowest BCUT2D eigenvalue weighted by Crippen LogP contribution is -2.23. The fraction of sp³-hybridized carbons (Fsp3) is 0.333. The zero-order valence-electron chi connectivity index (χ0n) is 11.9. The average Bonchev–Trinajstić information content (AvgIpc) is 3.00. The Hall–Kier alpha value is -1.88. The Labute approximate surface area is 121 Å². The number of allylic oxidation sites excluding steroid dienone is 2. The molecular weight excluding hydrogens is 270 g/mol. The second-order valence-electron chi connectivity index (χ2n) is 5.01. The van der Waals surface area contributed by atoms with Gasteiger partial charge in [-0.2, -0.15) is 0 Å². The van der Waals surface area contributed by atoms with E-state index in [1.165, 1.54) is 11.1 Å². The van der Waals surface area contributed by atoms with E-state index in [0.717, 1.165) is 39.0 Å². The number of rotatable bonds is 2. The molecule has 0 fully saturated rings. The summed E-state index contributed by atoms with van der Waals surface area (Å²) in [5, 5.41) is 1.06. The van der Waals surface area contributed by atoms with Crippen LogP contribution >= 0.6 is 11.3 Å². The van der Waals surface area contributed by atoms with Gasteiger partial charge in [0.2, 0.25) is 5.89 Å². The SMILES string of the molecule is CCC1=C(C)CC(C)=c2c(N)c(-c3ncco3)sc2=N1. The maximum atomic E-state index is 6.32. The quantitative estimate of drug-likeness (QED) is 0.923. The molecule has 4 nitrogen and oxygen atoms in total. The van der Waals surface area contributed by atoms with Crippen molar-refractivity contribution in [3.8, 4) is 10.8 Å². The molecule has 3 rings (SSSR count). The molecule has 0 saturated heterocycles. The Morgan fingerprint density at radius 2 is 2.15 bits per heavy atom. The van der Waals surface area contributed by atoms with E-state index in [-0.39, 0.29) is 0 Å². The summed E-state index contributed by atoms with van der Waals surface area (Å²) in [4.78, 5) is 9.88. The van der Waals surface area contributed by atoms with Crippen molar-refractivity contribution in [1.82, 2.24) is 4.98 Å². The van der Waals surface area contributed by atoms with Crippen LogP contribution in [0.5, 0.6) is 0 Å². The lowest BCUT2D eigenvalue weighted by Gasteiger charge is -2.03. The minimum absolute atomic E-state index is 0.572. The van der Waals surface area contributed by atoms with Gasteiger partial charge in [0, 0.05) is 10.9 Å². The van der Waals surface area contributed by atoms with Crippen molar-refractivity contribution in [2.24, 2.45) is 4.99 Å². The summed E-state index contributed by atoms with van der Waals surface area (Å²) in [5.41, 5.74) is 10.8. The number of fused-ring (bicyclic) bond motifs is 1. The van der Waals surface area contributed by atoms with Gasteiger partial charge in [-0.25, -0.2) is 9.98 Å². The van der Waals surface area contributed by atoms with E-state index in [1.54, 1.807) is 23.8 Å². The molecule has 1 aliphatic rings. The van der Waals surface area contributed by atoms with Gasteiger partial charge in [-0.3, -0.25) is 0 Å². The highest BCUT2D eigenvalue weighted by atomic mass is 32.1. The van der Waals surface area contributed by atoms with Crippen molar-refractivity contribution in [3.63, 3.8) is 0 Å². The molecule has 0 aromatic carbocycles. The lowest BCUT2D eigenvalue weighted by atomic mass is 10.0. The van der Waals surface area contributed by atoms with Crippen LogP contribution in [0.2, 0.25) is 0 Å². The largest absolute Gasteiger partial charge is 0.444 e. The van der Waals surface area contributed by atoms with Gasteiger partial charge in [0.1, 0.15) is 15.8 Å². The number of nitrogen functional groups attached to an aromatic ring is 1. The molecule has 3 heterocycles. The van der Waals surface area contributed by atoms with E-state index >= 15 is 0 Å². The van der Waals surface area contributed by atoms with Crippen LogP contribution in [0.15, 0.2) is 33.1 Å². The average molecular weight is 287 g/mol. The molecule has 20 heavy (non-hydrogen) atoms. The Balaban J connectivity index is 2.33. The van der Waals surface area contributed by atoms with Gasteiger partial charge in [0.05, 0.1) is 11.9 Å². The summed E-state index contributed by atoms with van der Waals surface area (Å²) in [5.74, 6) is 0.572. The third-order valence-corrected chi connectivity index (χ3v) is 4.66. The van der Waals surface area contributed by atoms with Crippen LogP contribution in [0.1, 0.15) is 33.6 Å². The highest BCUT2D eigenvalue weighted by molar-refractivity contribution is 7.13. The molecule has 2 aromatic rings. The molecule has 2 N–H and O–H groups in total. The first-order valence-electron chi connectivity index (χ1n) is 6.67. The molecule has 1 aliphatic heterocycles. The van der Waals surface area contributed by atoms with Crippen molar-refractivity contribution in [2.45, 2.75) is 33.6 Å². The predicted octanol–water partition coefficient (Wildman–Crippen LogP) is 2.86. The van der Waals surface area contributed by atoms with Crippen LogP contribution in [-0.4, -0.2) is 4.98 Å². The first-order valence-corrected chi connectivity index (χ1v) is 7.48. The van der Waals surface area contributed by atoms with E-state index in [1.807, 2.05) is 0 Å². The Bertz CT molecular complexity index is 797. The standard InChI is InChI=1S/C15H17N3OS/c1-4-10-8(2)7-9(3)11-12(16)13(20-15(11)18-10)14-17-5-6-19-14/h5-6H,4,7,16H2,1-3H3. The third-order valence-electron chi connectivity index (χ3n) is 3.57. The highest BCUT2D eigenvalue weighted by Crippen LogP contribution is 2.27. The van der Waals surface area contributed by atoms with Gasteiger partial charge in [0.25, 0.3) is 0 Å². The summed E-state index contributed by atoms with van der Waals surface area (Å²) >= 11 is 1.55. The number of oxazole rings is 1. The number of aromatic nitrogens is 1. The predicted molar refractivity (Wildman–Crippen MR) is 81.7 cm³/mol. The Morgan fingerprint density at radius 1 is 1.35 bits per heavy atom. The summed E-state index contributed by atoms with van der Waals surface area (Å²) in [6.07, 6.45) is 5.06. The number of anilines is 1. The van der Waals surface area contributed by atoms with Gasteiger partial charge in [0.15, 0.2) is 0 Å². The van der Waals surface area contributed by atoms with E-state index in [0.29, 0.717) is 5.89 Å². The fourth-order valence-corrected chi connectivity index (χ4v) is 3.74. The second-order valence-corrected chi connectivity index (χ2v) is 6.01. The molecule has 0 unspecified atom stereocenters. The van der Waals surface area contributed by atoms with Crippen LogP contribution in [0, 0.1) is 0 Å². The number of nitrogens with zero attached hydrogens (tertiary/aromatic N) is 2. The van der Waals surface area contributed by atoms with Gasteiger partial charge >= 0.3 is 0 Å². The van der Waals surface area contributed by atoms with Crippen LogP contribution in [0.3, 0.4) is 0 Å². The highest BCUT2D eigenvalue weighted by Gasteiger charge is 2.17. The zero-order chi connectivity index (χ0) is 14.3. The van der Waals surface area contributed by atoms with E-state index in [9.17, 15) is 0 Å². The minimum atomic E-state index is 0.572. The molecule has 0 aliphatic carbocycles. The normalized spacial score (nSPS) is 15.1. The van der Waals surface area contributed by atoms with E-state index < -0.39 is 0 Å². The van der Waals surface area contributed by atoms with Crippen LogP contribution in [0.4, 0.5) is 5.69 Å². The van der Waals surface area contributed by atoms with Crippen molar-refractivity contribution in [3.05, 3.63) is 33.6 Å². The van der Waals surface area contributed by atoms with E-state index in [2.05, 4.69) is 25.8 Å². The van der Waals surface area contributed by atoms with Crippen LogP contribution in [0.25, 0.3) is 16.3 Å². The van der Waals surface area contributed by atoms with Crippen molar-refractivity contribution >= 4 is 22.6 Å². The first kappa shape index (κ1) is 13.1. The molecule has 0 saturated carbocycles. The summed E-state index contributed by atoms with van der Waals surface area (Å²) in [7, 11) is 0. The van der Waals surface area contributed by atoms with E-state index in [4.69, 9.17) is 15.1 Å². The van der Waals surface area contributed by atoms with Crippen molar-refractivity contribution in [2.75, 3.05) is 5.73 Å². The second kappa shape index (κ2) is 4.90. The van der Waals surface area contributed by atoms with Gasteiger partial charge < -0.3 is 10.2 Å². The van der Waals surface area contributed by atoms with Gasteiger partial charge in [-0.1, -0.05) is 12.5 Å². The van der Waals surface area contributed by atoms with Crippen LogP contribution in [-0.2, 0) is 0 Å². The summed E-state index contributed by atoms with van der Waals surface area (Å²) < 4.78 is 6.35. The molecule has 0 amide bonds. The fourth-order valence-electron chi connectivity index (χ4n) is 2.60. The molecule has 0 atom stereocenters. The Kier molecular flexibility index (Phi) is 3.22. The maximum absolute atomic E-state index is 6.32. The molecular formula is C15H17N3OS. The van der Waals surface area contributed by atoms with Crippen molar-refractivity contribution in [1.29, 1.82) is 0 Å². The van der Waals surface area contributed by atoms with Gasteiger partial charge in [-0.05, 0) is 32.3 Å². The molecule has 0 bridgehead atoms. The zero-order valence-corrected chi connectivity index (χ0v) is 12.7. The molecule has 2 aromatic heterocycles. The maximum Gasteiger partial charge on any atom is 0.238 e. The number of thiophene rings is 1. The number of hydrogen-bond donors (Lipinski definition) is 1. The Morgan fingerprint density at radius 3 is 2.80 bits per heavy atom. The molecule has 0 radical (unpaired) electrons. The third kappa shape index (κ3) is 1.98. The smallest absolute Gasteiger partial charge is 0.238 e. The van der Waals surface area contributed by atoms with Gasteiger partial charge in [-0.15, -0.1) is 11.3 Å². The first-order chi connectivity index (χ1) is 9.61. The topological polar surface area (TPSA) is 64.4 Å². The number of nitrogens with two attached hydrogens (primary N) is 1. The molecule has 0 spiro atoms.